The van der Waals surface area contributed by atoms with Gasteiger partial charge in [-0.05, 0) is 50.6 Å². The van der Waals surface area contributed by atoms with Crippen molar-refractivity contribution < 1.29 is 14.4 Å². The molecule has 0 saturated heterocycles. The van der Waals surface area contributed by atoms with Crippen molar-refractivity contribution in [1.82, 2.24) is 0 Å². The van der Waals surface area contributed by atoms with E-state index in [-0.39, 0.29) is 0 Å². The van der Waals surface area contributed by atoms with Crippen LogP contribution in [0.25, 0.3) is 6.08 Å². The standard InChI is InChI=1S/C20H18ClNO3/c1-12-6-13(2)8-15(7-12)11-24-19-5-4-17(21)9-16(19)10-18-14(3)22-25-20(18)23/h4-10H,11H2,1-3H3/b18-10+. The minimum absolute atomic E-state index is 0.401. The summed E-state index contributed by atoms with van der Waals surface area (Å²) < 4.78 is 5.97. The van der Waals surface area contributed by atoms with Gasteiger partial charge in [0.1, 0.15) is 12.4 Å². The van der Waals surface area contributed by atoms with Crippen LogP contribution in [0.2, 0.25) is 5.02 Å². The monoisotopic (exact) mass is 355 g/mol. The lowest BCUT2D eigenvalue weighted by Gasteiger charge is -2.11. The molecular weight excluding hydrogens is 338 g/mol. The van der Waals surface area contributed by atoms with Gasteiger partial charge in [-0.25, -0.2) is 4.79 Å². The Morgan fingerprint density at radius 2 is 1.84 bits per heavy atom. The molecule has 4 nitrogen and oxygen atoms in total. The van der Waals surface area contributed by atoms with Gasteiger partial charge in [-0.3, -0.25) is 0 Å². The van der Waals surface area contributed by atoms with Gasteiger partial charge in [0.15, 0.2) is 0 Å². The fourth-order valence-electron chi connectivity index (χ4n) is 2.75. The van der Waals surface area contributed by atoms with Gasteiger partial charge in [0, 0.05) is 10.6 Å². The average molecular weight is 356 g/mol. The molecule has 0 saturated carbocycles. The zero-order valence-electron chi connectivity index (χ0n) is 14.3. The molecule has 0 amide bonds. The van der Waals surface area contributed by atoms with Crippen molar-refractivity contribution in [3.63, 3.8) is 0 Å². The molecule has 0 atom stereocenters. The topological polar surface area (TPSA) is 47.9 Å². The van der Waals surface area contributed by atoms with E-state index >= 15 is 0 Å². The van der Waals surface area contributed by atoms with Crippen LogP contribution in [-0.2, 0) is 16.2 Å². The zero-order chi connectivity index (χ0) is 18.0. The van der Waals surface area contributed by atoms with E-state index in [4.69, 9.17) is 16.3 Å². The van der Waals surface area contributed by atoms with Crippen LogP contribution in [0.3, 0.4) is 0 Å². The molecule has 0 spiro atoms. The molecule has 1 heterocycles. The number of nitrogens with zero attached hydrogens (tertiary/aromatic N) is 1. The molecule has 2 aromatic carbocycles. The SMILES string of the molecule is CC1=NOC(=O)/C1=C/c1cc(Cl)ccc1OCc1cc(C)cc(C)c1. The maximum Gasteiger partial charge on any atom is 0.367 e. The Bertz CT molecular complexity index is 880. The second-order valence-corrected chi connectivity index (χ2v) is 6.52. The molecule has 0 aromatic heterocycles. The Morgan fingerprint density at radius 3 is 2.48 bits per heavy atom. The van der Waals surface area contributed by atoms with E-state index in [0.717, 1.165) is 5.56 Å². The van der Waals surface area contributed by atoms with E-state index in [9.17, 15) is 4.79 Å². The summed E-state index contributed by atoms with van der Waals surface area (Å²) in [6.45, 7) is 6.26. The smallest absolute Gasteiger partial charge is 0.367 e. The third kappa shape index (κ3) is 4.09. The molecule has 1 aliphatic rings. The zero-order valence-corrected chi connectivity index (χ0v) is 15.1. The molecule has 128 valence electrons. The van der Waals surface area contributed by atoms with Crippen LogP contribution in [0, 0.1) is 13.8 Å². The summed E-state index contributed by atoms with van der Waals surface area (Å²) in [5.74, 6) is 0.168. The van der Waals surface area contributed by atoms with Crippen LogP contribution >= 0.6 is 11.6 Å². The highest BCUT2D eigenvalue weighted by molar-refractivity contribution is 6.31. The molecule has 1 aliphatic heterocycles. The van der Waals surface area contributed by atoms with Gasteiger partial charge in [0.25, 0.3) is 0 Å². The van der Waals surface area contributed by atoms with Crippen molar-refractivity contribution in [2.45, 2.75) is 27.4 Å². The number of benzene rings is 2. The summed E-state index contributed by atoms with van der Waals surface area (Å²) >= 11 is 6.10. The highest BCUT2D eigenvalue weighted by atomic mass is 35.5. The van der Waals surface area contributed by atoms with Crippen LogP contribution < -0.4 is 4.74 Å². The number of carbonyl (C=O) groups excluding carboxylic acids is 1. The van der Waals surface area contributed by atoms with Crippen molar-refractivity contribution >= 4 is 29.4 Å². The summed E-state index contributed by atoms with van der Waals surface area (Å²) in [7, 11) is 0. The quantitative estimate of drug-likeness (QED) is 0.581. The summed E-state index contributed by atoms with van der Waals surface area (Å²) in [4.78, 5) is 16.4. The predicted octanol–water partition coefficient (Wildman–Crippen LogP) is 4.85. The molecule has 0 fully saturated rings. The van der Waals surface area contributed by atoms with E-state index in [1.54, 1.807) is 31.2 Å². The number of halogens is 1. The fraction of sp³-hybridized carbons (Fsp3) is 0.200. The van der Waals surface area contributed by atoms with E-state index in [2.05, 4.69) is 42.0 Å². The average Bonchev–Trinajstić information content (AvgIpc) is 2.85. The molecule has 0 N–H and O–H groups in total. The summed E-state index contributed by atoms with van der Waals surface area (Å²) in [6, 6.07) is 11.6. The van der Waals surface area contributed by atoms with Crippen molar-refractivity contribution in [2.75, 3.05) is 0 Å². The molecule has 0 unspecified atom stereocenters. The second kappa shape index (κ2) is 7.11. The first-order valence-corrected chi connectivity index (χ1v) is 8.28. The predicted molar refractivity (Wildman–Crippen MR) is 98.9 cm³/mol. The number of hydrogen-bond acceptors (Lipinski definition) is 4. The summed E-state index contributed by atoms with van der Waals surface area (Å²) in [5, 5.41) is 4.25. The fourth-order valence-corrected chi connectivity index (χ4v) is 2.93. The van der Waals surface area contributed by atoms with Crippen molar-refractivity contribution in [3.05, 3.63) is 69.2 Å². The lowest BCUT2D eigenvalue weighted by molar-refractivity contribution is -0.136. The number of oxime groups is 1. The largest absolute Gasteiger partial charge is 0.488 e. The van der Waals surface area contributed by atoms with Crippen LogP contribution in [0.4, 0.5) is 0 Å². The van der Waals surface area contributed by atoms with Gasteiger partial charge in [-0.15, -0.1) is 0 Å². The lowest BCUT2D eigenvalue weighted by Crippen LogP contribution is -2.03. The molecule has 3 rings (SSSR count). The van der Waals surface area contributed by atoms with E-state index in [1.165, 1.54) is 11.1 Å². The third-order valence-corrected chi connectivity index (χ3v) is 4.06. The molecule has 2 aromatic rings. The third-order valence-electron chi connectivity index (χ3n) is 3.82. The number of hydrogen-bond donors (Lipinski definition) is 0. The molecule has 0 bridgehead atoms. The van der Waals surface area contributed by atoms with Gasteiger partial charge in [-0.2, -0.15) is 0 Å². The van der Waals surface area contributed by atoms with E-state index in [0.29, 0.717) is 34.2 Å². The maximum absolute atomic E-state index is 11.8. The lowest BCUT2D eigenvalue weighted by atomic mass is 10.1. The van der Waals surface area contributed by atoms with Crippen molar-refractivity contribution in [2.24, 2.45) is 5.16 Å². The Balaban J connectivity index is 1.88. The van der Waals surface area contributed by atoms with Crippen LogP contribution in [0.5, 0.6) is 5.75 Å². The molecule has 5 heteroatoms. The maximum atomic E-state index is 11.8. The van der Waals surface area contributed by atoms with Crippen molar-refractivity contribution in [3.8, 4) is 5.75 Å². The first-order chi connectivity index (χ1) is 11.9. The molecular formula is C20H18ClNO3. The van der Waals surface area contributed by atoms with Crippen molar-refractivity contribution in [1.29, 1.82) is 0 Å². The van der Waals surface area contributed by atoms with E-state index in [1.807, 2.05) is 0 Å². The first-order valence-electron chi connectivity index (χ1n) is 7.90. The normalized spacial score (nSPS) is 15.3. The molecule has 0 aliphatic carbocycles. The Kier molecular flexibility index (Phi) is 4.91. The van der Waals surface area contributed by atoms with Crippen LogP contribution in [-0.4, -0.2) is 11.7 Å². The van der Waals surface area contributed by atoms with Crippen LogP contribution in [0.1, 0.15) is 29.2 Å². The highest BCUT2D eigenvalue weighted by Crippen LogP contribution is 2.28. The minimum atomic E-state index is -0.474. The minimum Gasteiger partial charge on any atom is -0.488 e. The van der Waals surface area contributed by atoms with Gasteiger partial charge < -0.3 is 9.57 Å². The second-order valence-electron chi connectivity index (χ2n) is 6.08. The van der Waals surface area contributed by atoms with E-state index < -0.39 is 5.97 Å². The Hall–Kier alpha value is -2.59. The number of rotatable bonds is 4. The highest BCUT2D eigenvalue weighted by Gasteiger charge is 2.22. The van der Waals surface area contributed by atoms with Crippen LogP contribution in [0.15, 0.2) is 47.1 Å². The molecule has 0 radical (unpaired) electrons. The number of aryl methyl sites for hydroxylation is 2. The van der Waals surface area contributed by atoms with Gasteiger partial charge >= 0.3 is 5.97 Å². The van der Waals surface area contributed by atoms with Gasteiger partial charge in [-0.1, -0.05) is 46.1 Å². The molecule has 25 heavy (non-hydrogen) atoms. The number of ether oxygens (including phenoxy) is 1. The Morgan fingerprint density at radius 1 is 1.12 bits per heavy atom. The number of carbonyl (C=O) groups is 1. The van der Waals surface area contributed by atoms with Gasteiger partial charge in [0.2, 0.25) is 0 Å². The first kappa shape index (κ1) is 17.2. The van der Waals surface area contributed by atoms with Gasteiger partial charge in [0.05, 0.1) is 11.3 Å². The Labute approximate surface area is 151 Å². The summed E-state index contributed by atoms with van der Waals surface area (Å²) in [5.41, 5.74) is 5.11. The summed E-state index contributed by atoms with van der Waals surface area (Å²) in [6.07, 6.45) is 1.69.